The van der Waals surface area contributed by atoms with Gasteiger partial charge in [-0.05, 0) is 49.8 Å². The predicted octanol–water partition coefficient (Wildman–Crippen LogP) is 9.83. The summed E-state index contributed by atoms with van der Waals surface area (Å²) in [6.07, 6.45) is 0. The van der Waals surface area contributed by atoms with Crippen LogP contribution in [0.4, 0.5) is 13.2 Å². The highest BCUT2D eigenvalue weighted by Crippen LogP contribution is 2.52. The molecule has 0 N–H and O–H groups in total. The van der Waals surface area contributed by atoms with E-state index in [0.29, 0.717) is 43.0 Å². The number of benzene rings is 8. The average Bonchev–Trinajstić information content (AvgIpc) is 3.14. The van der Waals surface area contributed by atoms with Crippen LogP contribution in [-0.2, 0) is 14.7 Å². The molecule has 0 spiro atoms. The summed E-state index contributed by atoms with van der Waals surface area (Å²) in [6, 6.07) is 46.8. The Kier molecular flexibility index (Phi) is 7.55. The van der Waals surface area contributed by atoms with E-state index >= 15 is 4.57 Å². The second-order valence-electron chi connectivity index (χ2n) is 11.9. The first kappa shape index (κ1) is 31.8. The first-order valence-corrected chi connectivity index (χ1v) is 18.8. The van der Waals surface area contributed by atoms with E-state index < -0.39 is 28.5 Å². The molecule has 0 fully saturated rings. The van der Waals surface area contributed by atoms with E-state index in [1.807, 2.05) is 91.0 Å². The lowest BCUT2D eigenvalue weighted by Crippen LogP contribution is -2.29. The summed E-state index contributed by atoms with van der Waals surface area (Å²) >= 11 is 0. The van der Waals surface area contributed by atoms with Gasteiger partial charge in [0.05, 0.1) is 0 Å². The van der Waals surface area contributed by atoms with Crippen LogP contribution >= 0.6 is 7.14 Å². The summed E-state index contributed by atoms with van der Waals surface area (Å²) in [4.78, 5) is 0. The molecular weight excluding hydrogens is 676 g/mol. The Bertz CT molecular complexity index is 2720. The second-order valence-corrected chi connectivity index (χ2v) is 16.2. The molecule has 8 aromatic rings. The lowest BCUT2D eigenvalue weighted by Gasteiger charge is -2.26. The Morgan fingerprint density at radius 1 is 0.480 bits per heavy atom. The lowest BCUT2D eigenvalue weighted by atomic mass is 9.88. The van der Waals surface area contributed by atoms with Crippen LogP contribution in [0.15, 0.2) is 158 Å². The highest BCUT2D eigenvalue weighted by Gasteiger charge is 2.49. The molecule has 8 rings (SSSR count). The first-order valence-electron chi connectivity index (χ1n) is 15.7. The molecule has 0 unspecified atom stereocenters. The van der Waals surface area contributed by atoms with Crippen molar-refractivity contribution in [1.82, 2.24) is 0 Å². The van der Waals surface area contributed by atoms with Crippen LogP contribution in [0.25, 0.3) is 54.2 Å². The van der Waals surface area contributed by atoms with E-state index in [-0.39, 0.29) is 5.56 Å². The highest BCUT2D eigenvalue weighted by molar-refractivity contribution is 7.88. The molecule has 0 aliphatic carbocycles. The first-order chi connectivity index (χ1) is 24.1. The van der Waals surface area contributed by atoms with Crippen LogP contribution < -0.4 is 20.1 Å². The van der Waals surface area contributed by atoms with Crippen molar-refractivity contribution in [3.8, 4) is 16.9 Å². The molecule has 0 aromatic heterocycles. The minimum atomic E-state index is -6.12. The van der Waals surface area contributed by atoms with Crippen LogP contribution in [-0.4, -0.2) is 13.9 Å². The normalized spacial score (nSPS) is 12.5. The summed E-state index contributed by atoms with van der Waals surface area (Å²) in [5, 5.41) is 6.77. The van der Waals surface area contributed by atoms with Crippen LogP contribution in [0, 0.1) is 0 Å². The number of halogens is 3. The van der Waals surface area contributed by atoms with Gasteiger partial charge in [0.25, 0.3) is 0 Å². The van der Waals surface area contributed by atoms with Gasteiger partial charge in [-0.25, -0.2) is 0 Å². The topological polar surface area (TPSA) is 60.4 Å². The molecule has 0 radical (unpaired) electrons. The third-order valence-electron chi connectivity index (χ3n) is 9.07. The number of hydrogen-bond donors (Lipinski definition) is 0. The highest BCUT2D eigenvalue weighted by atomic mass is 32.2. The van der Waals surface area contributed by atoms with Gasteiger partial charge in [0.1, 0.15) is 0 Å². The third-order valence-corrected chi connectivity index (χ3v) is 13.1. The molecule has 0 saturated carbocycles. The van der Waals surface area contributed by atoms with E-state index in [1.54, 1.807) is 60.7 Å². The quantitative estimate of drug-likeness (QED) is 0.0750. The zero-order chi connectivity index (χ0) is 34.7. The van der Waals surface area contributed by atoms with Gasteiger partial charge >= 0.3 is 15.6 Å². The van der Waals surface area contributed by atoms with Gasteiger partial charge in [-0.2, -0.15) is 21.6 Å². The molecule has 50 heavy (non-hydrogen) atoms. The molecule has 0 heterocycles. The largest absolute Gasteiger partial charge is 0.534 e. The molecule has 9 heteroatoms. The van der Waals surface area contributed by atoms with E-state index in [0.717, 1.165) is 21.5 Å². The SMILES string of the molecule is O=P(c1ccccc1)(c1ccccc1)c1ccc2ccc3ccccc3c2c1-c1c(OS(=O)(=O)C(F)(F)F)ccc2ccc3ccccc3c12. The molecule has 0 amide bonds. The Balaban J connectivity index is 1.66. The maximum absolute atomic E-state index is 16.2. The fourth-order valence-electron chi connectivity index (χ4n) is 6.87. The van der Waals surface area contributed by atoms with Gasteiger partial charge in [0.2, 0.25) is 0 Å². The van der Waals surface area contributed by atoms with Gasteiger partial charge in [-0.3, -0.25) is 0 Å². The van der Waals surface area contributed by atoms with Crippen molar-refractivity contribution < 1.29 is 30.3 Å². The molecule has 0 atom stereocenters. The van der Waals surface area contributed by atoms with Crippen molar-refractivity contribution >= 4 is 76.3 Å². The minimum absolute atomic E-state index is 0.0937. The zero-order valence-electron chi connectivity index (χ0n) is 26.1. The van der Waals surface area contributed by atoms with Crippen molar-refractivity contribution in [2.75, 3.05) is 0 Å². The van der Waals surface area contributed by atoms with Gasteiger partial charge in [-0.1, -0.05) is 146 Å². The van der Waals surface area contributed by atoms with Crippen molar-refractivity contribution in [2.24, 2.45) is 0 Å². The Morgan fingerprint density at radius 2 is 0.900 bits per heavy atom. The van der Waals surface area contributed by atoms with Gasteiger partial charge in [0.15, 0.2) is 12.9 Å². The Labute approximate surface area is 285 Å². The van der Waals surface area contributed by atoms with Crippen LogP contribution in [0.2, 0.25) is 0 Å². The molecule has 0 aliphatic rings. The average molecular weight is 703 g/mol. The number of rotatable bonds is 6. The Morgan fingerprint density at radius 3 is 1.42 bits per heavy atom. The number of fused-ring (bicyclic) bond motifs is 6. The summed E-state index contributed by atoms with van der Waals surface area (Å²) in [6.45, 7) is 0. The van der Waals surface area contributed by atoms with E-state index in [9.17, 15) is 21.6 Å². The molecule has 0 aliphatic heterocycles. The number of hydrogen-bond acceptors (Lipinski definition) is 4. The van der Waals surface area contributed by atoms with Crippen molar-refractivity contribution in [3.05, 3.63) is 158 Å². The fraction of sp³-hybridized carbons (Fsp3) is 0.0244. The molecule has 8 aromatic carbocycles. The van der Waals surface area contributed by atoms with Gasteiger partial charge < -0.3 is 8.75 Å². The van der Waals surface area contributed by atoms with Crippen molar-refractivity contribution in [2.45, 2.75) is 5.51 Å². The molecule has 0 saturated heterocycles. The van der Waals surface area contributed by atoms with E-state index in [4.69, 9.17) is 4.18 Å². The van der Waals surface area contributed by atoms with Gasteiger partial charge in [-0.15, -0.1) is 0 Å². The lowest BCUT2D eigenvalue weighted by molar-refractivity contribution is -0.0499. The molecular formula is C41H26F3O4PS. The smallest absolute Gasteiger partial charge is 0.375 e. The van der Waals surface area contributed by atoms with Crippen molar-refractivity contribution in [1.29, 1.82) is 0 Å². The predicted molar refractivity (Wildman–Crippen MR) is 197 cm³/mol. The van der Waals surface area contributed by atoms with Crippen LogP contribution in [0.5, 0.6) is 5.75 Å². The molecule has 246 valence electrons. The standard InChI is InChI=1S/C41H26F3O4PS/c42-41(43,44)50(46,47)48-35-25-23-29-21-19-27-11-7-9-17-33(27)37(29)39(35)40-36(26-24-30-22-20-28-12-8-10-18-34(28)38(30)40)49(45,31-13-3-1-4-14-31)32-15-5-2-6-16-32/h1-26H. The molecule has 4 nitrogen and oxygen atoms in total. The van der Waals surface area contributed by atoms with Crippen LogP contribution in [0.1, 0.15) is 0 Å². The Hall–Kier alpha value is -5.43. The summed E-state index contributed by atoms with van der Waals surface area (Å²) in [5.41, 5.74) is -5.28. The second kappa shape index (κ2) is 11.9. The van der Waals surface area contributed by atoms with E-state index in [1.165, 1.54) is 6.07 Å². The van der Waals surface area contributed by atoms with Crippen LogP contribution in [0.3, 0.4) is 0 Å². The summed E-state index contributed by atoms with van der Waals surface area (Å²) in [5.74, 6) is -0.527. The van der Waals surface area contributed by atoms with E-state index in [2.05, 4.69) is 0 Å². The van der Waals surface area contributed by atoms with Crippen molar-refractivity contribution in [3.63, 3.8) is 0 Å². The maximum Gasteiger partial charge on any atom is 0.534 e. The number of alkyl halides is 3. The summed E-state index contributed by atoms with van der Waals surface area (Å²) < 4.78 is 89.0. The summed E-state index contributed by atoms with van der Waals surface area (Å²) in [7, 11) is -9.95. The maximum atomic E-state index is 16.2. The fourth-order valence-corrected chi connectivity index (χ4v) is 10.2. The zero-order valence-corrected chi connectivity index (χ0v) is 27.8. The minimum Gasteiger partial charge on any atom is -0.375 e. The third kappa shape index (κ3) is 5.06. The monoisotopic (exact) mass is 702 g/mol. The van der Waals surface area contributed by atoms with Gasteiger partial charge in [0, 0.05) is 32.4 Å². The molecule has 0 bridgehead atoms.